The van der Waals surface area contributed by atoms with Crippen LogP contribution in [0.25, 0.3) is 0 Å². The van der Waals surface area contributed by atoms with Gasteiger partial charge in [-0.1, -0.05) is 19.9 Å². The Kier molecular flexibility index (Phi) is 5.51. The Hall–Kier alpha value is -0.590. The van der Waals surface area contributed by atoms with E-state index >= 15 is 0 Å². The second-order valence-electron chi connectivity index (χ2n) is 5.69. The zero-order valence-electron chi connectivity index (χ0n) is 12.8. The molecule has 4 nitrogen and oxygen atoms in total. The Morgan fingerprint density at radius 2 is 1.48 bits per heavy atom. The first-order valence-electron chi connectivity index (χ1n) is 6.54. The predicted octanol–water partition coefficient (Wildman–Crippen LogP) is 2.86. The molecule has 1 aromatic carbocycles. The summed E-state index contributed by atoms with van der Waals surface area (Å²) >= 11 is 6.21. The first-order valence-corrected chi connectivity index (χ1v) is 10.8. The second kappa shape index (κ2) is 6.26. The lowest BCUT2D eigenvalue weighted by Gasteiger charge is -2.26. The summed E-state index contributed by atoms with van der Waals surface area (Å²) in [6, 6.07) is 4.24. The number of benzene rings is 1. The summed E-state index contributed by atoms with van der Waals surface area (Å²) < 4.78 is 47.4. The van der Waals surface area contributed by atoms with E-state index in [-0.39, 0.29) is 27.0 Å². The smallest absolute Gasteiger partial charge is 0.175 e. The Labute approximate surface area is 132 Å². The maximum Gasteiger partial charge on any atom is 0.175 e. The molecule has 0 aromatic heterocycles. The zero-order valence-corrected chi connectivity index (χ0v) is 15.2. The molecule has 21 heavy (non-hydrogen) atoms. The summed E-state index contributed by atoms with van der Waals surface area (Å²) in [6.45, 7) is 5.73. The molecule has 0 saturated carbocycles. The number of alkyl halides is 1. The van der Waals surface area contributed by atoms with E-state index in [0.717, 1.165) is 12.5 Å². The first-order chi connectivity index (χ1) is 9.35. The summed E-state index contributed by atoms with van der Waals surface area (Å²) in [6.07, 6.45) is 2.13. The van der Waals surface area contributed by atoms with E-state index in [9.17, 15) is 16.8 Å². The van der Waals surface area contributed by atoms with Crippen LogP contribution in [-0.2, 0) is 19.7 Å². The summed E-state index contributed by atoms with van der Waals surface area (Å²) in [5.74, 6) is -0.0490. The molecule has 1 rings (SSSR count). The largest absolute Gasteiger partial charge is 0.224 e. The molecule has 120 valence electrons. The molecular formula is C14H21ClO4S2. The van der Waals surface area contributed by atoms with Gasteiger partial charge in [0.25, 0.3) is 0 Å². The molecule has 0 saturated heterocycles. The molecule has 0 amide bonds. The van der Waals surface area contributed by atoms with Crippen LogP contribution in [0.5, 0.6) is 0 Å². The maximum atomic E-state index is 12.0. The molecule has 1 aromatic rings. The summed E-state index contributed by atoms with van der Waals surface area (Å²) in [5, 5.41) is -0.269. The fourth-order valence-corrected chi connectivity index (χ4v) is 4.60. The Balaban J connectivity index is 3.68. The molecule has 0 aliphatic heterocycles. The molecule has 2 atom stereocenters. The lowest BCUT2D eigenvalue weighted by Crippen LogP contribution is -2.19. The van der Waals surface area contributed by atoms with Crippen LogP contribution >= 0.6 is 11.6 Å². The van der Waals surface area contributed by atoms with Crippen LogP contribution in [0.2, 0.25) is 0 Å². The molecule has 0 radical (unpaired) electrons. The highest BCUT2D eigenvalue weighted by molar-refractivity contribution is 7.91. The number of hydrogen-bond acceptors (Lipinski definition) is 4. The highest BCUT2D eigenvalue weighted by Crippen LogP contribution is 2.36. The zero-order chi connectivity index (χ0) is 16.6. The van der Waals surface area contributed by atoms with Gasteiger partial charge in [0.1, 0.15) is 0 Å². The van der Waals surface area contributed by atoms with Crippen LogP contribution < -0.4 is 0 Å². The quantitative estimate of drug-likeness (QED) is 0.764. The Bertz CT molecular complexity index is 711. The van der Waals surface area contributed by atoms with Gasteiger partial charge in [0.15, 0.2) is 19.7 Å². The minimum atomic E-state index is -3.55. The van der Waals surface area contributed by atoms with Crippen LogP contribution in [0.3, 0.4) is 0 Å². The average Bonchev–Trinajstić information content (AvgIpc) is 2.25. The van der Waals surface area contributed by atoms with E-state index in [1.165, 1.54) is 12.1 Å². The molecule has 0 N–H and O–H groups in total. The van der Waals surface area contributed by atoms with Crippen LogP contribution in [0.15, 0.2) is 28.0 Å². The minimum absolute atomic E-state index is 0.00333. The van der Waals surface area contributed by atoms with Gasteiger partial charge in [-0.2, -0.15) is 0 Å². The second-order valence-corrected chi connectivity index (χ2v) is 10.4. The van der Waals surface area contributed by atoms with Gasteiger partial charge in [-0.3, -0.25) is 0 Å². The van der Waals surface area contributed by atoms with E-state index in [0.29, 0.717) is 5.56 Å². The van der Waals surface area contributed by atoms with Crippen molar-refractivity contribution >= 4 is 31.3 Å². The molecule has 0 heterocycles. The van der Waals surface area contributed by atoms with E-state index < -0.39 is 19.7 Å². The lowest BCUT2D eigenvalue weighted by atomic mass is 9.86. The third-order valence-corrected chi connectivity index (χ3v) is 5.92. The number of sulfone groups is 2. The van der Waals surface area contributed by atoms with Crippen LogP contribution in [0.4, 0.5) is 0 Å². The van der Waals surface area contributed by atoms with Gasteiger partial charge in [-0.15, -0.1) is 11.6 Å². The van der Waals surface area contributed by atoms with Crippen molar-refractivity contribution in [3.05, 3.63) is 23.8 Å². The summed E-state index contributed by atoms with van der Waals surface area (Å²) in [5.41, 5.74) is 0.572. The molecule has 0 aliphatic carbocycles. The van der Waals surface area contributed by atoms with E-state index in [1.807, 2.05) is 20.8 Å². The number of hydrogen-bond donors (Lipinski definition) is 0. The van der Waals surface area contributed by atoms with Crippen molar-refractivity contribution < 1.29 is 16.8 Å². The SMILES string of the molecule is CC(C)C(c1ccc(S(C)(=O)=O)cc1S(C)(=O)=O)C(C)Cl. The van der Waals surface area contributed by atoms with Crippen LogP contribution in [-0.4, -0.2) is 34.7 Å². The average molecular weight is 353 g/mol. The van der Waals surface area contributed by atoms with Crippen molar-refractivity contribution in [1.82, 2.24) is 0 Å². The Morgan fingerprint density at radius 1 is 0.952 bits per heavy atom. The van der Waals surface area contributed by atoms with Crippen molar-refractivity contribution in [2.24, 2.45) is 5.92 Å². The molecule has 0 fully saturated rings. The highest BCUT2D eigenvalue weighted by atomic mass is 35.5. The van der Waals surface area contributed by atoms with Gasteiger partial charge in [0.05, 0.1) is 9.79 Å². The van der Waals surface area contributed by atoms with E-state index in [2.05, 4.69) is 0 Å². The van der Waals surface area contributed by atoms with Crippen molar-refractivity contribution in [1.29, 1.82) is 0 Å². The van der Waals surface area contributed by atoms with Gasteiger partial charge in [0, 0.05) is 23.8 Å². The topological polar surface area (TPSA) is 68.3 Å². The third kappa shape index (κ3) is 4.44. The first kappa shape index (κ1) is 18.5. The highest BCUT2D eigenvalue weighted by Gasteiger charge is 2.28. The molecular weight excluding hydrogens is 332 g/mol. The number of halogens is 1. The normalized spacial score (nSPS) is 16.0. The van der Waals surface area contributed by atoms with Crippen LogP contribution in [0, 0.1) is 5.92 Å². The number of rotatable bonds is 5. The predicted molar refractivity (Wildman–Crippen MR) is 85.6 cm³/mol. The van der Waals surface area contributed by atoms with Crippen molar-refractivity contribution in [3.63, 3.8) is 0 Å². The molecule has 0 aliphatic rings. The Morgan fingerprint density at radius 3 is 1.81 bits per heavy atom. The molecule has 2 unspecified atom stereocenters. The van der Waals surface area contributed by atoms with Crippen LogP contribution in [0.1, 0.15) is 32.3 Å². The molecule has 7 heteroatoms. The molecule has 0 spiro atoms. The van der Waals surface area contributed by atoms with Gasteiger partial charge < -0.3 is 0 Å². The van der Waals surface area contributed by atoms with Gasteiger partial charge in [0.2, 0.25) is 0 Å². The van der Waals surface area contributed by atoms with Crippen molar-refractivity contribution in [2.45, 2.75) is 41.9 Å². The van der Waals surface area contributed by atoms with E-state index in [1.54, 1.807) is 6.07 Å². The van der Waals surface area contributed by atoms with E-state index in [4.69, 9.17) is 11.6 Å². The van der Waals surface area contributed by atoms with Gasteiger partial charge >= 0.3 is 0 Å². The monoisotopic (exact) mass is 352 g/mol. The fraction of sp³-hybridized carbons (Fsp3) is 0.571. The fourth-order valence-electron chi connectivity index (χ4n) is 2.48. The van der Waals surface area contributed by atoms with Crippen molar-refractivity contribution in [3.8, 4) is 0 Å². The summed E-state index contributed by atoms with van der Waals surface area (Å²) in [4.78, 5) is 0.0352. The third-order valence-electron chi connectivity index (χ3n) is 3.38. The van der Waals surface area contributed by atoms with Gasteiger partial charge in [-0.25, -0.2) is 16.8 Å². The standard InChI is InChI=1S/C14H21ClO4S2/c1-9(2)14(10(3)15)12-7-6-11(20(4,16)17)8-13(12)21(5,18)19/h6-10,14H,1-5H3. The molecule has 0 bridgehead atoms. The maximum absolute atomic E-state index is 12.0. The minimum Gasteiger partial charge on any atom is -0.224 e. The lowest BCUT2D eigenvalue weighted by molar-refractivity contribution is 0.482. The van der Waals surface area contributed by atoms with Gasteiger partial charge in [-0.05, 0) is 30.5 Å². The summed E-state index contributed by atoms with van der Waals surface area (Å²) in [7, 11) is -7.02. The van der Waals surface area contributed by atoms with Crippen molar-refractivity contribution in [2.75, 3.05) is 12.5 Å².